The van der Waals surface area contributed by atoms with Crippen molar-refractivity contribution in [2.45, 2.75) is 13.8 Å². The van der Waals surface area contributed by atoms with Crippen LogP contribution >= 0.6 is 15.9 Å². The molecule has 0 aliphatic rings. The van der Waals surface area contributed by atoms with Crippen LogP contribution < -0.4 is 5.32 Å². The SMILES string of the molecule is Cc1cc(Br)c(F)cc1Nc1ncc(C(=O)O)c(C)n1. The molecule has 0 amide bonds. The third kappa shape index (κ3) is 2.93. The van der Waals surface area contributed by atoms with Crippen molar-refractivity contribution < 1.29 is 14.3 Å². The summed E-state index contributed by atoms with van der Waals surface area (Å²) >= 11 is 3.10. The van der Waals surface area contributed by atoms with Crippen molar-refractivity contribution in [2.24, 2.45) is 0 Å². The van der Waals surface area contributed by atoms with E-state index in [1.165, 1.54) is 12.3 Å². The van der Waals surface area contributed by atoms with Crippen LogP contribution in [0.2, 0.25) is 0 Å². The van der Waals surface area contributed by atoms with Crippen LogP contribution in [-0.4, -0.2) is 21.0 Å². The van der Waals surface area contributed by atoms with Gasteiger partial charge in [-0.25, -0.2) is 19.2 Å². The van der Waals surface area contributed by atoms with Gasteiger partial charge in [-0.15, -0.1) is 0 Å². The number of hydrogen-bond donors (Lipinski definition) is 2. The maximum absolute atomic E-state index is 13.5. The number of carboxylic acid groups (broad SMARTS) is 1. The molecular formula is C13H11BrFN3O2. The van der Waals surface area contributed by atoms with Crippen molar-refractivity contribution in [1.29, 1.82) is 0 Å². The van der Waals surface area contributed by atoms with Gasteiger partial charge in [0.05, 0.1) is 15.7 Å². The first kappa shape index (κ1) is 14.4. The van der Waals surface area contributed by atoms with E-state index in [2.05, 4.69) is 31.2 Å². The predicted molar refractivity (Wildman–Crippen MR) is 75.8 cm³/mol. The topological polar surface area (TPSA) is 75.1 Å². The molecule has 1 aromatic heterocycles. The highest BCUT2D eigenvalue weighted by Crippen LogP contribution is 2.25. The first-order chi connectivity index (χ1) is 9.38. The molecule has 2 aromatic rings. The Balaban J connectivity index is 2.33. The highest BCUT2D eigenvalue weighted by molar-refractivity contribution is 9.10. The fraction of sp³-hybridized carbons (Fsp3) is 0.154. The number of rotatable bonds is 3. The summed E-state index contributed by atoms with van der Waals surface area (Å²) in [6.07, 6.45) is 1.22. The second kappa shape index (κ2) is 5.54. The quantitative estimate of drug-likeness (QED) is 0.895. The summed E-state index contributed by atoms with van der Waals surface area (Å²) < 4.78 is 13.9. The van der Waals surface area contributed by atoms with E-state index in [9.17, 15) is 9.18 Å². The van der Waals surface area contributed by atoms with Crippen LogP contribution in [0.1, 0.15) is 21.6 Å². The van der Waals surface area contributed by atoms with Crippen LogP contribution in [0.4, 0.5) is 16.0 Å². The molecule has 0 saturated heterocycles. The Morgan fingerprint density at radius 3 is 2.70 bits per heavy atom. The van der Waals surface area contributed by atoms with Crippen molar-refractivity contribution in [3.8, 4) is 0 Å². The van der Waals surface area contributed by atoms with Crippen LogP contribution in [0.15, 0.2) is 22.8 Å². The lowest BCUT2D eigenvalue weighted by Crippen LogP contribution is -2.06. The molecule has 1 aromatic carbocycles. The molecule has 1 heterocycles. The second-order valence-corrected chi connectivity index (χ2v) is 5.06. The van der Waals surface area contributed by atoms with E-state index >= 15 is 0 Å². The van der Waals surface area contributed by atoms with Crippen molar-refractivity contribution in [3.05, 3.63) is 45.4 Å². The number of hydrogen-bond acceptors (Lipinski definition) is 4. The van der Waals surface area contributed by atoms with Gasteiger partial charge in [0.15, 0.2) is 0 Å². The Labute approximate surface area is 123 Å². The monoisotopic (exact) mass is 339 g/mol. The second-order valence-electron chi connectivity index (χ2n) is 4.20. The molecule has 0 saturated carbocycles. The van der Waals surface area contributed by atoms with E-state index in [-0.39, 0.29) is 11.5 Å². The normalized spacial score (nSPS) is 10.4. The maximum atomic E-state index is 13.5. The van der Waals surface area contributed by atoms with Gasteiger partial charge in [-0.3, -0.25) is 0 Å². The van der Waals surface area contributed by atoms with Gasteiger partial charge < -0.3 is 10.4 Å². The lowest BCUT2D eigenvalue weighted by atomic mass is 10.2. The van der Waals surface area contributed by atoms with Gasteiger partial charge in [-0.1, -0.05) is 0 Å². The smallest absolute Gasteiger partial charge is 0.339 e. The number of aryl methyl sites for hydroxylation is 2. The summed E-state index contributed by atoms with van der Waals surface area (Å²) in [5.74, 6) is -1.27. The lowest BCUT2D eigenvalue weighted by Gasteiger charge is -2.10. The molecule has 0 aliphatic carbocycles. The number of nitrogens with one attached hydrogen (secondary N) is 1. The van der Waals surface area contributed by atoms with Gasteiger partial charge in [0, 0.05) is 11.9 Å². The molecular weight excluding hydrogens is 329 g/mol. The summed E-state index contributed by atoms with van der Waals surface area (Å²) in [7, 11) is 0. The number of halogens is 2. The van der Waals surface area contributed by atoms with E-state index in [0.717, 1.165) is 5.56 Å². The predicted octanol–water partition coefficient (Wildman–Crippen LogP) is 3.44. The number of carboxylic acids is 1. The number of anilines is 2. The van der Waals surface area contributed by atoms with E-state index in [4.69, 9.17) is 5.11 Å². The minimum atomic E-state index is -1.08. The van der Waals surface area contributed by atoms with E-state index in [1.54, 1.807) is 13.0 Å². The average molecular weight is 340 g/mol. The highest BCUT2D eigenvalue weighted by atomic mass is 79.9. The largest absolute Gasteiger partial charge is 0.478 e. The first-order valence-electron chi connectivity index (χ1n) is 5.68. The fourth-order valence-corrected chi connectivity index (χ4v) is 2.10. The van der Waals surface area contributed by atoms with Gasteiger partial charge in [-0.2, -0.15) is 0 Å². The molecule has 0 unspecified atom stereocenters. The Morgan fingerprint density at radius 1 is 1.40 bits per heavy atom. The number of aromatic carboxylic acids is 1. The van der Waals surface area contributed by atoms with E-state index < -0.39 is 11.8 Å². The summed E-state index contributed by atoms with van der Waals surface area (Å²) in [5, 5.41) is 11.8. The molecule has 0 fully saturated rings. The van der Waals surface area contributed by atoms with Gasteiger partial charge in [0.1, 0.15) is 5.82 Å². The Bertz CT molecular complexity index is 692. The van der Waals surface area contributed by atoms with E-state index in [1.807, 2.05) is 6.92 Å². The average Bonchev–Trinajstić information content (AvgIpc) is 2.35. The molecule has 0 spiro atoms. The maximum Gasteiger partial charge on any atom is 0.339 e. The van der Waals surface area contributed by atoms with Crippen molar-refractivity contribution in [1.82, 2.24) is 9.97 Å². The van der Waals surface area contributed by atoms with Gasteiger partial charge >= 0.3 is 5.97 Å². The zero-order chi connectivity index (χ0) is 14.9. The van der Waals surface area contributed by atoms with Gasteiger partial charge in [-0.05, 0) is 47.5 Å². The van der Waals surface area contributed by atoms with Gasteiger partial charge in [0.25, 0.3) is 0 Å². The zero-order valence-electron chi connectivity index (χ0n) is 10.7. The molecule has 0 aliphatic heterocycles. The Kier molecular flexibility index (Phi) is 3.99. The first-order valence-corrected chi connectivity index (χ1v) is 6.47. The highest BCUT2D eigenvalue weighted by Gasteiger charge is 2.11. The molecule has 104 valence electrons. The number of aromatic nitrogens is 2. The van der Waals surface area contributed by atoms with Crippen molar-refractivity contribution >= 4 is 33.5 Å². The van der Waals surface area contributed by atoms with Crippen molar-refractivity contribution in [3.63, 3.8) is 0 Å². The van der Waals surface area contributed by atoms with Crippen molar-refractivity contribution in [2.75, 3.05) is 5.32 Å². The molecule has 0 bridgehead atoms. The number of carbonyl (C=O) groups is 1. The third-order valence-electron chi connectivity index (χ3n) is 2.72. The summed E-state index contributed by atoms with van der Waals surface area (Å²) in [6, 6.07) is 2.96. The Hall–Kier alpha value is -2.02. The fourth-order valence-electron chi connectivity index (χ4n) is 1.64. The minimum Gasteiger partial charge on any atom is -0.478 e. The molecule has 2 rings (SSSR count). The minimum absolute atomic E-state index is 0.0364. The summed E-state index contributed by atoms with van der Waals surface area (Å²) in [5.41, 5.74) is 1.70. The number of nitrogens with zero attached hydrogens (tertiary/aromatic N) is 2. The molecule has 7 heteroatoms. The van der Waals surface area contributed by atoms with Crippen LogP contribution in [0.3, 0.4) is 0 Å². The third-order valence-corrected chi connectivity index (χ3v) is 3.33. The van der Waals surface area contributed by atoms with E-state index in [0.29, 0.717) is 15.9 Å². The van der Waals surface area contributed by atoms with Crippen LogP contribution in [0, 0.1) is 19.7 Å². The lowest BCUT2D eigenvalue weighted by molar-refractivity contribution is 0.0695. The van der Waals surface area contributed by atoms with Gasteiger partial charge in [0.2, 0.25) is 5.95 Å². The molecule has 20 heavy (non-hydrogen) atoms. The molecule has 5 nitrogen and oxygen atoms in total. The number of benzene rings is 1. The zero-order valence-corrected chi connectivity index (χ0v) is 12.3. The molecule has 2 N–H and O–H groups in total. The standard InChI is InChI=1S/C13H11BrFN3O2/c1-6-3-9(14)10(15)4-11(6)18-13-16-5-8(12(19)20)7(2)17-13/h3-5H,1-2H3,(H,19,20)(H,16,17,18). The molecule has 0 radical (unpaired) electrons. The summed E-state index contributed by atoms with van der Waals surface area (Å²) in [4.78, 5) is 18.8. The molecule has 0 atom stereocenters. The van der Waals surface area contributed by atoms with Crippen LogP contribution in [-0.2, 0) is 0 Å². The summed E-state index contributed by atoms with van der Waals surface area (Å²) in [6.45, 7) is 3.39. The van der Waals surface area contributed by atoms with Crippen LogP contribution in [0.25, 0.3) is 0 Å². The van der Waals surface area contributed by atoms with Crippen LogP contribution in [0.5, 0.6) is 0 Å². The Morgan fingerprint density at radius 2 is 2.10 bits per heavy atom.